The molecule has 37 heavy (non-hydrogen) atoms. The van der Waals surface area contributed by atoms with E-state index in [1.165, 1.54) is 6.33 Å². The number of hydroxylamine groups is 1. The zero-order chi connectivity index (χ0) is 26.4. The van der Waals surface area contributed by atoms with Crippen molar-refractivity contribution in [3.63, 3.8) is 0 Å². The lowest BCUT2D eigenvalue weighted by atomic mass is 10.0. The summed E-state index contributed by atoms with van der Waals surface area (Å²) in [5, 5.41) is 2.14. The number of anilines is 1. The number of benzene rings is 1. The highest BCUT2D eigenvalue weighted by Crippen LogP contribution is 2.40. The second-order valence-corrected chi connectivity index (χ2v) is 10.9. The quantitative estimate of drug-likeness (QED) is 0.156. The van der Waals surface area contributed by atoms with E-state index >= 15 is 0 Å². The number of aromatic nitrogens is 4. The molecule has 1 amide bonds. The van der Waals surface area contributed by atoms with Crippen LogP contribution in [0.5, 0.6) is 0 Å². The summed E-state index contributed by atoms with van der Waals surface area (Å²) >= 11 is 0. The van der Waals surface area contributed by atoms with Gasteiger partial charge in [-0.2, -0.15) is 5.48 Å². The van der Waals surface area contributed by atoms with E-state index in [0.29, 0.717) is 29.8 Å². The summed E-state index contributed by atoms with van der Waals surface area (Å²) in [7, 11) is -4.40. The lowest BCUT2D eigenvalue weighted by Gasteiger charge is -2.22. The minimum Gasteiger partial charge on any atom is -0.382 e. The summed E-state index contributed by atoms with van der Waals surface area (Å²) in [5.74, 6) is -0.367. The fraction of sp³-hybridized carbons (Fsp3) is 0.417. The van der Waals surface area contributed by atoms with Gasteiger partial charge in [0.25, 0.3) is 0 Å². The van der Waals surface area contributed by atoms with E-state index in [-0.39, 0.29) is 31.1 Å². The molecule has 4 rings (SSSR count). The van der Waals surface area contributed by atoms with Gasteiger partial charge in [0.05, 0.1) is 25.6 Å². The summed E-state index contributed by atoms with van der Waals surface area (Å²) < 4.78 is 19.8. The van der Waals surface area contributed by atoms with Crippen molar-refractivity contribution in [1.82, 2.24) is 30.1 Å². The molecule has 5 N–H and O–H groups in total. The number of hydrogen-bond acceptors (Lipinski definition) is 9. The third-order valence-corrected chi connectivity index (χ3v) is 6.94. The predicted octanol–water partition coefficient (Wildman–Crippen LogP) is 2.89. The third-order valence-electron chi connectivity index (χ3n) is 5.94. The van der Waals surface area contributed by atoms with Crippen LogP contribution in [0.3, 0.4) is 0 Å². The van der Waals surface area contributed by atoms with Crippen LogP contribution in [0.15, 0.2) is 55.1 Å². The van der Waals surface area contributed by atoms with Crippen molar-refractivity contribution in [3.8, 4) is 0 Å². The number of allylic oxidation sites excluding steroid dienone is 1. The fourth-order valence-corrected chi connectivity index (χ4v) is 5.01. The summed E-state index contributed by atoms with van der Waals surface area (Å²) in [5.41, 5.74) is 10.6. The van der Waals surface area contributed by atoms with E-state index < -0.39 is 19.7 Å². The van der Waals surface area contributed by atoms with Gasteiger partial charge in [-0.15, -0.1) is 0 Å². The maximum Gasteiger partial charge on any atom is 0.432 e. The maximum absolute atomic E-state index is 12.8. The van der Waals surface area contributed by atoms with E-state index in [1.54, 1.807) is 6.33 Å². The van der Waals surface area contributed by atoms with Crippen LogP contribution in [-0.2, 0) is 25.3 Å². The number of fused-ring (bicyclic) bond motifs is 1. The monoisotopic (exact) mass is 529 g/mol. The topological polar surface area (TPSA) is 167 Å². The number of nitrogen functional groups attached to an aromatic ring is 1. The number of imidazole rings is 1. The molecule has 1 aromatic carbocycles. The summed E-state index contributed by atoms with van der Waals surface area (Å²) in [6, 6.07) is 8.58. The van der Waals surface area contributed by atoms with E-state index in [0.717, 1.165) is 5.56 Å². The van der Waals surface area contributed by atoms with Crippen molar-refractivity contribution in [3.05, 3.63) is 60.7 Å². The van der Waals surface area contributed by atoms with Crippen LogP contribution in [0.2, 0.25) is 0 Å². The molecule has 0 fully saturated rings. The molecule has 1 aliphatic carbocycles. The minimum atomic E-state index is -4.40. The van der Waals surface area contributed by atoms with Crippen molar-refractivity contribution in [1.29, 1.82) is 0 Å². The van der Waals surface area contributed by atoms with Crippen molar-refractivity contribution in [2.45, 2.75) is 45.4 Å². The van der Waals surface area contributed by atoms with Crippen molar-refractivity contribution in [2.75, 3.05) is 12.3 Å². The number of hydrogen-bond donors (Lipinski definition) is 4. The molecule has 0 saturated carbocycles. The Morgan fingerprint density at radius 1 is 1.24 bits per heavy atom. The molecule has 198 valence electrons. The molecule has 0 spiro atoms. The Bertz CT molecular complexity index is 1280. The molecule has 0 aliphatic heterocycles. The fourth-order valence-electron chi connectivity index (χ4n) is 4.12. The standard InChI is InChI=1S/C24H32N7O5P/c1-16(2)10-20(29-35-12-17-6-4-3-5-7-17)24(32)30-37(33,34)36-13-18-8-9-19(11-18)31-15-28-21-22(25)26-14-27-23(21)31/h3-9,14-16,18-20,29H,10-13H2,1-2H3,(H2,25,26,27)(H2,30,32,33,34)/t18-,19+,20+/m0/s1. The number of amides is 1. The zero-order valence-corrected chi connectivity index (χ0v) is 21.6. The van der Waals surface area contributed by atoms with Gasteiger partial charge in [-0.25, -0.2) is 19.5 Å². The largest absolute Gasteiger partial charge is 0.432 e. The number of nitrogens with two attached hydrogens (primary N) is 1. The van der Waals surface area contributed by atoms with Crippen LogP contribution in [0, 0.1) is 11.8 Å². The molecule has 13 heteroatoms. The number of carbonyl (C=O) groups excluding carboxylic acids is 1. The molecule has 0 saturated heterocycles. The van der Waals surface area contributed by atoms with Gasteiger partial charge >= 0.3 is 7.75 Å². The van der Waals surface area contributed by atoms with Gasteiger partial charge < -0.3 is 15.2 Å². The first-order chi connectivity index (χ1) is 17.7. The summed E-state index contributed by atoms with van der Waals surface area (Å²) in [4.78, 5) is 41.1. The van der Waals surface area contributed by atoms with E-state index in [9.17, 15) is 14.3 Å². The average Bonchev–Trinajstić information content (AvgIpc) is 3.50. The molecular formula is C24H32N7O5P. The molecule has 0 bridgehead atoms. The second-order valence-electron chi connectivity index (χ2n) is 9.40. The lowest BCUT2D eigenvalue weighted by molar-refractivity contribution is -0.127. The van der Waals surface area contributed by atoms with Crippen LogP contribution in [0.25, 0.3) is 11.2 Å². The highest BCUT2D eigenvalue weighted by molar-refractivity contribution is 7.51. The Morgan fingerprint density at radius 2 is 2.03 bits per heavy atom. The second kappa shape index (κ2) is 11.9. The van der Waals surface area contributed by atoms with Crippen LogP contribution >= 0.6 is 7.75 Å². The van der Waals surface area contributed by atoms with Crippen molar-refractivity contribution >= 4 is 30.6 Å². The Morgan fingerprint density at radius 3 is 2.78 bits per heavy atom. The molecule has 3 aromatic rings. The Balaban J connectivity index is 1.28. The summed E-state index contributed by atoms with van der Waals surface area (Å²) in [6.45, 7) is 4.09. The normalized spacial score (nSPS) is 19.8. The molecule has 4 atom stereocenters. The van der Waals surface area contributed by atoms with Gasteiger partial charge in [0.15, 0.2) is 11.5 Å². The van der Waals surface area contributed by atoms with Gasteiger partial charge in [0, 0.05) is 5.92 Å². The first kappa shape index (κ1) is 26.9. The first-order valence-corrected chi connectivity index (χ1v) is 13.6. The average molecular weight is 530 g/mol. The van der Waals surface area contributed by atoms with Gasteiger partial charge in [0.1, 0.15) is 17.9 Å². The predicted molar refractivity (Wildman–Crippen MR) is 138 cm³/mol. The third kappa shape index (κ3) is 7.21. The van der Waals surface area contributed by atoms with E-state index in [2.05, 4.69) is 25.5 Å². The van der Waals surface area contributed by atoms with Crippen LogP contribution in [-0.4, -0.2) is 43.0 Å². The molecule has 2 aromatic heterocycles. The zero-order valence-electron chi connectivity index (χ0n) is 20.7. The van der Waals surface area contributed by atoms with Crippen molar-refractivity contribution < 1.29 is 23.6 Å². The van der Waals surface area contributed by atoms with Crippen molar-refractivity contribution in [2.24, 2.45) is 11.8 Å². The molecule has 1 aliphatic rings. The molecule has 1 unspecified atom stereocenters. The van der Waals surface area contributed by atoms with Gasteiger partial charge in [-0.1, -0.05) is 56.3 Å². The van der Waals surface area contributed by atoms with Gasteiger partial charge in [-0.3, -0.25) is 19.2 Å². The molecule has 0 radical (unpaired) electrons. The van der Waals surface area contributed by atoms with Gasteiger partial charge in [0.2, 0.25) is 5.91 Å². The molecular weight excluding hydrogens is 497 g/mol. The number of nitrogens with one attached hydrogen (secondary N) is 2. The number of rotatable bonds is 12. The Kier molecular flexibility index (Phi) is 8.67. The highest BCUT2D eigenvalue weighted by Gasteiger charge is 2.31. The minimum absolute atomic E-state index is 0.0441. The lowest BCUT2D eigenvalue weighted by Crippen LogP contribution is -2.44. The number of carbonyl (C=O) groups is 1. The number of nitrogens with zero attached hydrogens (tertiary/aromatic N) is 4. The molecule has 2 heterocycles. The summed E-state index contributed by atoms with van der Waals surface area (Å²) in [6.07, 6.45) is 7.90. The highest BCUT2D eigenvalue weighted by atomic mass is 31.2. The van der Waals surface area contributed by atoms with Gasteiger partial charge in [-0.05, 0) is 24.3 Å². The van der Waals surface area contributed by atoms with E-state index in [1.807, 2.05) is 60.9 Å². The van der Waals surface area contributed by atoms with E-state index in [4.69, 9.17) is 15.1 Å². The molecule has 12 nitrogen and oxygen atoms in total. The van der Waals surface area contributed by atoms with Crippen LogP contribution in [0.1, 0.15) is 38.3 Å². The SMILES string of the molecule is CC(C)C[C@@H](NOCc1ccccc1)C(=O)NP(=O)(O)OC[C@H]1C=C[C@@H](n2cnc3c(N)ncnc32)C1. The van der Waals surface area contributed by atoms with Crippen LogP contribution < -0.4 is 16.3 Å². The Labute approximate surface area is 214 Å². The maximum atomic E-state index is 12.8. The first-order valence-electron chi connectivity index (χ1n) is 12.0. The Hall–Kier alpha value is -3.15. The smallest absolute Gasteiger partial charge is 0.382 e. The van der Waals surface area contributed by atoms with Crippen LogP contribution in [0.4, 0.5) is 5.82 Å².